The second kappa shape index (κ2) is 5.42. The molecule has 5 nitrogen and oxygen atoms in total. The summed E-state index contributed by atoms with van der Waals surface area (Å²) in [6, 6.07) is 5.61. The van der Waals surface area contributed by atoms with Gasteiger partial charge in [0.25, 0.3) is 0 Å². The van der Waals surface area contributed by atoms with Gasteiger partial charge in [0.15, 0.2) is 15.5 Å². The van der Waals surface area contributed by atoms with Gasteiger partial charge in [0.2, 0.25) is 0 Å². The van der Waals surface area contributed by atoms with E-state index in [4.69, 9.17) is 0 Å². The van der Waals surface area contributed by atoms with E-state index in [1.807, 2.05) is 13.0 Å². The third-order valence-electron chi connectivity index (χ3n) is 3.75. The third kappa shape index (κ3) is 2.61. The molecule has 23 heavy (non-hydrogen) atoms. The number of hydrogen-bond donors (Lipinski definition) is 0. The first kappa shape index (κ1) is 15.6. The van der Waals surface area contributed by atoms with Crippen molar-refractivity contribution < 1.29 is 12.8 Å². The smallest absolute Gasteiger partial charge is 0.178 e. The van der Waals surface area contributed by atoms with Crippen LogP contribution in [0.15, 0.2) is 35.4 Å². The number of pyridine rings is 1. The molecule has 2 heterocycles. The average molecular weight is 333 g/mol. The predicted octanol–water partition coefficient (Wildman–Crippen LogP) is 2.88. The largest absolute Gasteiger partial charge is 0.312 e. The van der Waals surface area contributed by atoms with Gasteiger partial charge in [-0.2, -0.15) is 0 Å². The maximum atomic E-state index is 13.6. The van der Waals surface area contributed by atoms with Gasteiger partial charge in [-0.15, -0.1) is 0 Å². The molecule has 120 valence electrons. The SMILES string of the molecule is CCS(=O)(=O)c1cc(F)ccc1-c1nc2cc(C)cnc2n1C. The van der Waals surface area contributed by atoms with E-state index >= 15 is 0 Å². The predicted molar refractivity (Wildman–Crippen MR) is 86.4 cm³/mol. The van der Waals surface area contributed by atoms with Crippen LogP contribution >= 0.6 is 0 Å². The average Bonchev–Trinajstić information content (AvgIpc) is 2.83. The van der Waals surface area contributed by atoms with Gasteiger partial charge in [0.1, 0.15) is 17.2 Å². The lowest BCUT2D eigenvalue weighted by atomic mass is 10.2. The summed E-state index contributed by atoms with van der Waals surface area (Å²) in [7, 11) is -1.81. The van der Waals surface area contributed by atoms with Crippen molar-refractivity contribution in [3.8, 4) is 11.4 Å². The van der Waals surface area contributed by atoms with Crippen molar-refractivity contribution in [1.82, 2.24) is 14.5 Å². The number of rotatable bonds is 3. The van der Waals surface area contributed by atoms with Gasteiger partial charge in [-0.3, -0.25) is 0 Å². The number of halogens is 1. The van der Waals surface area contributed by atoms with Gasteiger partial charge >= 0.3 is 0 Å². The summed E-state index contributed by atoms with van der Waals surface area (Å²) in [6.07, 6.45) is 1.72. The minimum absolute atomic E-state index is 0.0462. The zero-order chi connectivity index (χ0) is 16.8. The van der Waals surface area contributed by atoms with E-state index in [0.29, 0.717) is 22.6 Å². The fourth-order valence-electron chi connectivity index (χ4n) is 2.51. The van der Waals surface area contributed by atoms with Gasteiger partial charge in [-0.05, 0) is 36.8 Å². The van der Waals surface area contributed by atoms with Crippen LogP contribution in [0.5, 0.6) is 0 Å². The van der Waals surface area contributed by atoms with Crippen molar-refractivity contribution >= 4 is 21.0 Å². The van der Waals surface area contributed by atoms with Gasteiger partial charge in [0.05, 0.1) is 10.6 Å². The molecule has 0 radical (unpaired) electrons. The van der Waals surface area contributed by atoms with Gasteiger partial charge in [-0.25, -0.2) is 22.8 Å². The number of aryl methyl sites for hydroxylation is 2. The third-order valence-corrected chi connectivity index (χ3v) is 5.51. The normalized spacial score (nSPS) is 12.0. The molecule has 0 aliphatic carbocycles. The summed E-state index contributed by atoms with van der Waals surface area (Å²) in [4.78, 5) is 8.78. The molecule has 0 atom stereocenters. The summed E-state index contributed by atoms with van der Waals surface area (Å²) >= 11 is 0. The Hall–Kier alpha value is -2.28. The zero-order valence-corrected chi connectivity index (χ0v) is 13.9. The van der Waals surface area contributed by atoms with Crippen LogP contribution in [0.3, 0.4) is 0 Å². The van der Waals surface area contributed by atoms with Gasteiger partial charge in [0, 0.05) is 18.8 Å². The zero-order valence-electron chi connectivity index (χ0n) is 13.0. The van der Waals surface area contributed by atoms with Crippen molar-refractivity contribution in [2.45, 2.75) is 18.7 Å². The molecule has 0 amide bonds. The van der Waals surface area contributed by atoms with Crippen LogP contribution in [0.25, 0.3) is 22.6 Å². The molecule has 0 bridgehead atoms. The van der Waals surface area contributed by atoms with E-state index in [2.05, 4.69) is 9.97 Å². The number of hydrogen-bond acceptors (Lipinski definition) is 4. The molecule has 0 aliphatic heterocycles. The number of benzene rings is 1. The lowest BCUT2D eigenvalue weighted by Gasteiger charge is -2.09. The van der Waals surface area contributed by atoms with Crippen LogP contribution in [0.4, 0.5) is 4.39 Å². The summed E-state index contributed by atoms with van der Waals surface area (Å²) in [5.41, 5.74) is 2.66. The molecule has 0 aliphatic rings. The molecule has 7 heteroatoms. The molecule has 0 fully saturated rings. The number of sulfone groups is 1. The van der Waals surface area contributed by atoms with Crippen LogP contribution in [-0.4, -0.2) is 28.7 Å². The van der Waals surface area contributed by atoms with Crippen LogP contribution in [0, 0.1) is 12.7 Å². The van der Waals surface area contributed by atoms with Crippen molar-refractivity contribution in [3.05, 3.63) is 41.8 Å². The monoisotopic (exact) mass is 333 g/mol. The topological polar surface area (TPSA) is 64.8 Å². The van der Waals surface area contributed by atoms with E-state index in [9.17, 15) is 12.8 Å². The number of imidazole rings is 1. The minimum Gasteiger partial charge on any atom is -0.312 e. The van der Waals surface area contributed by atoms with Crippen LogP contribution in [-0.2, 0) is 16.9 Å². The lowest BCUT2D eigenvalue weighted by molar-refractivity contribution is 0.592. The van der Waals surface area contributed by atoms with Gasteiger partial charge in [-0.1, -0.05) is 6.92 Å². The maximum absolute atomic E-state index is 13.6. The Labute approximate surface area is 133 Å². The molecule has 3 rings (SSSR count). The molecule has 0 saturated carbocycles. The second-order valence-electron chi connectivity index (χ2n) is 5.39. The summed E-state index contributed by atoms with van der Waals surface area (Å²) < 4.78 is 39.9. The van der Waals surface area contributed by atoms with E-state index in [1.54, 1.807) is 17.8 Å². The van der Waals surface area contributed by atoms with E-state index in [1.165, 1.54) is 19.1 Å². The Bertz CT molecular complexity index is 1010. The van der Waals surface area contributed by atoms with Crippen LogP contribution in [0.1, 0.15) is 12.5 Å². The highest BCUT2D eigenvalue weighted by atomic mass is 32.2. The molecule has 1 aromatic carbocycles. The molecule has 0 N–H and O–H groups in total. The fraction of sp³-hybridized carbons (Fsp3) is 0.250. The molecule has 0 unspecified atom stereocenters. The second-order valence-corrected chi connectivity index (χ2v) is 7.64. The summed E-state index contributed by atoms with van der Waals surface area (Å²) in [6.45, 7) is 3.44. The molecule has 3 aromatic rings. The number of fused-ring (bicyclic) bond motifs is 1. The fourth-order valence-corrected chi connectivity index (χ4v) is 3.61. The Morgan fingerprint density at radius 3 is 2.70 bits per heavy atom. The lowest BCUT2D eigenvalue weighted by Crippen LogP contribution is -2.07. The van der Waals surface area contributed by atoms with Crippen LogP contribution in [0.2, 0.25) is 0 Å². The highest BCUT2D eigenvalue weighted by Crippen LogP contribution is 2.30. The Kier molecular flexibility index (Phi) is 3.68. The first-order valence-corrected chi connectivity index (χ1v) is 8.80. The van der Waals surface area contributed by atoms with Crippen molar-refractivity contribution in [1.29, 1.82) is 0 Å². The number of aromatic nitrogens is 3. The summed E-state index contributed by atoms with van der Waals surface area (Å²) in [5.74, 6) is -0.247. The Morgan fingerprint density at radius 2 is 2.00 bits per heavy atom. The maximum Gasteiger partial charge on any atom is 0.178 e. The Morgan fingerprint density at radius 1 is 1.26 bits per heavy atom. The Balaban J connectivity index is 2.34. The number of nitrogens with zero attached hydrogens (tertiary/aromatic N) is 3. The molecule has 0 spiro atoms. The van der Waals surface area contributed by atoms with E-state index < -0.39 is 15.7 Å². The van der Waals surface area contributed by atoms with Gasteiger partial charge < -0.3 is 4.57 Å². The van der Waals surface area contributed by atoms with Crippen LogP contribution < -0.4 is 0 Å². The summed E-state index contributed by atoms with van der Waals surface area (Å²) in [5, 5.41) is 0. The van der Waals surface area contributed by atoms with E-state index in [0.717, 1.165) is 11.6 Å². The first-order chi connectivity index (χ1) is 10.8. The molecule has 2 aromatic heterocycles. The van der Waals surface area contributed by atoms with E-state index in [-0.39, 0.29) is 10.6 Å². The highest BCUT2D eigenvalue weighted by molar-refractivity contribution is 7.91. The van der Waals surface area contributed by atoms with Crippen molar-refractivity contribution in [3.63, 3.8) is 0 Å². The van der Waals surface area contributed by atoms with Crippen molar-refractivity contribution in [2.24, 2.45) is 7.05 Å². The standard InChI is InChI=1S/C16H16FN3O2S/c1-4-23(21,22)14-8-11(17)5-6-12(14)15-19-13-7-10(2)9-18-16(13)20(15)3/h5-9H,4H2,1-3H3. The highest BCUT2D eigenvalue weighted by Gasteiger charge is 2.22. The van der Waals surface area contributed by atoms with Crippen molar-refractivity contribution in [2.75, 3.05) is 5.75 Å². The molecular weight excluding hydrogens is 317 g/mol. The molecular formula is C16H16FN3O2S. The quantitative estimate of drug-likeness (QED) is 0.739. The molecule has 0 saturated heterocycles. The minimum atomic E-state index is -3.58. The first-order valence-electron chi connectivity index (χ1n) is 7.15.